The molecule has 0 unspecified atom stereocenters. The monoisotopic (exact) mass is 265 g/mol. The minimum absolute atomic E-state index is 0.272. The summed E-state index contributed by atoms with van der Waals surface area (Å²) in [5.74, 6) is 0.352. The van der Waals surface area contributed by atoms with Crippen LogP contribution in [0.15, 0.2) is 18.2 Å². The molecule has 0 saturated heterocycles. The molecule has 0 aliphatic heterocycles. The Morgan fingerprint density at radius 1 is 1.42 bits per heavy atom. The van der Waals surface area contributed by atoms with E-state index in [0.717, 1.165) is 0 Å². The predicted octanol–water partition coefficient (Wildman–Crippen LogP) is 0.846. The van der Waals surface area contributed by atoms with E-state index in [0.29, 0.717) is 36.8 Å². The maximum atomic E-state index is 13.5. The highest BCUT2D eigenvalue weighted by molar-refractivity contribution is 5.34. The highest BCUT2D eigenvalue weighted by atomic mass is 19.1. The molecule has 0 radical (unpaired) electrons. The van der Waals surface area contributed by atoms with Gasteiger partial charge in [-0.2, -0.15) is 4.68 Å². The summed E-state index contributed by atoms with van der Waals surface area (Å²) in [6.07, 6.45) is 0. The average Bonchev–Trinajstić information content (AvgIpc) is 2.86. The molecule has 1 aromatic heterocycles. The molecule has 2 aromatic rings. The van der Waals surface area contributed by atoms with E-state index in [1.807, 2.05) is 0 Å². The van der Waals surface area contributed by atoms with E-state index in [4.69, 9.17) is 4.74 Å². The summed E-state index contributed by atoms with van der Waals surface area (Å²) >= 11 is 0. The molecule has 0 saturated carbocycles. The number of rotatable bonds is 6. The van der Waals surface area contributed by atoms with Crippen LogP contribution in [0.5, 0.6) is 0 Å². The van der Waals surface area contributed by atoms with Crippen LogP contribution >= 0.6 is 0 Å². The van der Waals surface area contributed by atoms with Crippen LogP contribution in [-0.4, -0.2) is 40.5 Å². The Morgan fingerprint density at radius 3 is 3.00 bits per heavy atom. The lowest BCUT2D eigenvalue weighted by Crippen LogP contribution is -2.21. The molecule has 1 heterocycles. The Kier molecular flexibility index (Phi) is 4.53. The first-order valence-electron chi connectivity index (χ1n) is 5.96. The number of nitrogens with one attached hydrogen (secondary N) is 1. The van der Waals surface area contributed by atoms with Gasteiger partial charge >= 0.3 is 0 Å². The number of aromatic nitrogens is 4. The minimum Gasteiger partial charge on any atom is -0.383 e. The number of aryl methyl sites for hydroxylation is 1. The molecule has 0 atom stereocenters. The van der Waals surface area contributed by atoms with Gasteiger partial charge < -0.3 is 10.1 Å². The lowest BCUT2D eigenvalue weighted by Gasteiger charge is -2.06. The van der Waals surface area contributed by atoms with Crippen LogP contribution in [0.2, 0.25) is 0 Å². The number of hydrogen-bond donors (Lipinski definition) is 1. The number of methoxy groups -OCH3 is 1. The van der Waals surface area contributed by atoms with Crippen molar-refractivity contribution < 1.29 is 9.13 Å². The van der Waals surface area contributed by atoms with Crippen LogP contribution < -0.4 is 5.32 Å². The van der Waals surface area contributed by atoms with Crippen LogP contribution in [0.1, 0.15) is 11.4 Å². The SMILES string of the molecule is COCCNCc1nnnn1-c1ccc(C)c(F)c1. The van der Waals surface area contributed by atoms with Gasteiger partial charge in [-0.05, 0) is 35.0 Å². The molecule has 102 valence electrons. The zero-order valence-electron chi connectivity index (χ0n) is 10.9. The van der Waals surface area contributed by atoms with Crippen LogP contribution in [0, 0.1) is 12.7 Å². The molecule has 0 aliphatic rings. The van der Waals surface area contributed by atoms with E-state index in [-0.39, 0.29) is 5.82 Å². The highest BCUT2D eigenvalue weighted by Crippen LogP contribution is 2.13. The largest absolute Gasteiger partial charge is 0.383 e. The molecular weight excluding hydrogens is 249 g/mol. The quantitative estimate of drug-likeness (QED) is 0.784. The van der Waals surface area contributed by atoms with E-state index >= 15 is 0 Å². The Morgan fingerprint density at radius 2 is 2.26 bits per heavy atom. The van der Waals surface area contributed by atoms with E-state index in [2.05, 4.69) is 20.8 Å². The third-order valence-corrected chi connectivity index (χ3v) is 2.70. The first-order chi connectivity index (χ1) is 9.22. The van der Waals surface area contributed by atoms with Crippen LogP contribution in [0.4, 0.5) is 4.39 Å². The molecule has 0 aliphatic carbocycles. The number of tetrazole rings is 1. The summed E-state index contributed by atoms with van der Waals surface area (Å²) in [5.41, 5.74) is 1.20. The Hall–Kier alpha value is -1.86. The zero-order valence-corrected chi connectivity index (χ0v) is 10.9. The lowest BCUT2D eigenvalue weighted by atomic mass is 10.2. The molecule has 6 nitrogen and oxygen atoms in total. The number of nitrogens with zero attached hydrogens (tertiary/aromatic N) is 4. The standard InChI is InChI=1S/C12H16FN5O/c1-9-3-4-10(7-11(9)13)18-12(15-16-17-18)8-14-5-6-19-2/h3-4,7,14H,5-6,8H2,1-2H3. The van der Waals surface area contributed by atoms with Gasteiger partial charge in [0.2, 0.25) is 0 Å². The van der Waals surface area contributed by atoms with E-state index in [1.54, 1.807) is 26.2 Å². The Balaban J connectivity index is 2.12. The maximum Gasteiger partial charge on any atom is 0.170 e. The molecule has 0 fully saturated rings. The van der Waals surface area contributed by atoms with E-state index in [9.17, 15) is 4.39 Å². The number of ether oxygens (including phenoxy) is 1. The van der Waals surface area contributed by atoms with Gasteiger partial charge in [0, 0.05) is 13.7 Å². The van der Waals surface area contributed by atoms with Gasteiger partial charge in [0.25, 0.3) is 0 Å². The van der Waals surface area contributed by atoms with Crippen molar-refractivity contribution in [3.8, 4) is 5.69 Å². The smallest absolute Gasteiger partial charge is 0.170 e. The van der Waals surface area contributed by atoms with Crippen LogP contribution in [0.25, 0.3) is 5.69 Å². The normalized spacial score (nSPS) is 10.9. The number of benzene rings is 1. The molecule has 19 heavy (non-hydrogen) atoms. The fourth-order valence-electron chi connectivity index (χ4n) is 1.60. The van der Waals surface area contributed by atoms with Crippen molar-refractivity contribution in [3.63, 3.8) is 0 Å². The Labute approximate surface area is 110 Å². The number of halogens is 1. The van der Waals surface area contributed by atoms with Gasteiger partial charge in [-0.25, -0.2) is 4.39 Å². The predicted molar refractivity (Wildman–Crippen MR) is 67.4 cm³/mol. The topological polar surface area (TPSA) is 64.9 Å². The molecule has 0 bridgehead atoms. The van der Waals surface area contributed by atoms with Crippen molar-refractivity contribution in [2.75, 3.05) is 20.3 Å². The molecule has 1 aromatic carbocycles. The van der Waals surface area contributed by atoms with Crippen molar-refractivity contribution in [3.05, 3.63) is 35.4 Å². The zero-order chi connectivity index (χ0) is 13.7. The fourth-order valence-corrected chi connectivity index (χ4v) is 1.60. The second-order valence-electron chi connectivity index (χ2n) is 4.11. The van der Waals surface area contributed by atoms with Crippen molar-refractivity contribution in [1.82, 2.24) is 25.5 Å². The number of hydrogen-bond acceptors (Lipinski definition) is 5. The molecule has 1 N–H and O–H groups in total. The van der Waals surface area contributed by atoms with Crippen molar-refractivity contribution >= 4 is 0 Å². The Bertz CT molecular complexity index is 543. The summed E-state index contributed by atoms with van der Waals surface area (Å²) in [6, 6.07) is 4.91. The van der Waals surface area contributed by atoms with Crippen LogP contribution in [0.3, 0.4) is 0 Å². The maximum absolute atomic E-state index is 13.5. The molecule has 0 amide bonds. The summed E-state index contributed by atoms with van der Waals surface area (Å²) in [7, 11) is 1.64. The second kappa shape index (κ2) is 6.35. The highest BCUT2D eigenvalue weighted by Gasteiger charge is 2.09. The second-order valence-corrected chi connectivity index (χ2v) is 4.11. The van der Waals surface area contributed by atoms with Gasteiger partial charge in [0.1, 0.15) is 5.82 Å². The molecule has 2 rings (SSSR count). The van der Waals surface area contributed by atoms with Crippen molar-refractivity contribution in [1.29, 1.82) is 0 Å². The van der Waals surface area contributed by atoms with Crippen molar-refractivity contribution in [2.24, 2.45) is 0 Å². The molecular formula is C12H16FN5O. The van der Waals surface area contributed by atoms with Gasteiger partial charge in [-0.3, -0.25) is 0 Å². The van der Waals surface area contributed by atoms with Gasteiger partial charge in [0.15, 0.2) is 5.82 Å². The summed E-state index contributed by atoms with van der Waals surface area (Å²) in [6.45, 7) is 3.52. The third kappa shape index (κ3) is 3.33. The summed E-state index contributed by atoms with van der Waals surface area (Å²) in [4.78, 5) is 0. The molecule has 7 heteroatoms. The van der Waals surface area contributed by atoms with Crippen molar-refractivity contribution in [2.45, 2.75) is 13.5 Å². The first kappa shape index (κ1) is 13.6. The van der Waals surface area contributed by atoms with Gasteiger partial charge in [0.05, 0.1) is 18.8 Å². The van der Waals surface area contributed by atoms with Gasteiger partial charge in [-0.15, -0.1) is 5.10 Å². The van der Waals surface area contributed by atoms with Crippen LogP contribution in [-0.2, 0) is 11.3 Å². The van der Waals surface area contributed by atoms with Gasteiger partial charge in [-0.1, -0.05) is 6.07 Å². The third-order valence-electron chi connectivity index (χ3n) is 2.70. The molecule has 0 spiro atoms. The summed E-state index contributed by atoms with van der Waals surface area (Å²) < 4.78 is 20.0. The van der Waals surface area contributed by atoms with E-state index in [1.165, 1.54) is 10.7 Å². The van der Waals surface area contributed by atoms with E-state index < -0.39 is 0 Å². The average molecular weight is 265 g/mol. The minimum atomic E-state index is -0.272. The summed E-state index contributed by atoms with van der Waals surface area (Å²) in [5, 5.41) is 14.6. The fraction of sp³-hybridized carbons (Fsp3) is 0.417. The first-order valence-corrected chi connectivity index (χ1v) is 5.96. The lowest BCUT2D eigenvalue weighted by molar-refractivity contribution is 0.199.